The van der Waals surface area contributed by atoms with Gasteiger partial charge in [0.15, 0.2) is 0 Å². The SMILES string of the molecule is CCC(C(=O)NCC(C)C)N(Cc1ccc(Cl)cc1)C(=O)CN(c1cccc(Cl)c1)S(=O)(=O)c1ccccc1. The summed E-state index contributed by atoms with van der Waals surface area (Å²) in [4.78, 5) is 28.7. The zero-order valence-corrected chi connectivity index (χ0v) is 24.5. The van der Waals surface area contributed by atoms with E-state index in [1.807, 2.05) is 20.8 Å². The van der Waals surface area contributed by atoms with E-state index in [0.717, 1.165) is 9.87 Å². The Morgan fingerprint density at radius 3 is 2.15 bits per heavy atom. The third-order valence-corrected chi connectivity index (χ3v) is 8.32. The molecular formula is C29H33Cl2N3O4S. The van der Waals surface area contributed by atoms with Crippen molar-refractivity contribution in [2.24, 2.45) is 5.92 Å². The lowest BCUT2D eigenvalue weighted by molar-refractivity contribution is -0.140. The van der Waals surface area contributed by atoms with Gasteiger partial charge in [-0.15, -0.1) is 0 Å². The number of nitrogens with zero attached hydrogens (tertiary/aromatic N) is 2. The molecule has 2 amide bonds. The summed E-state index contributed by atoms with van der Waals surface area (Å²) in [6, 6.07) is 20.3. The first-order valence-electron chi connectivity index (χ1n) is 12.7. The molecule has 0 fully saturated rings. The van der Waals surface area contributed by atoms with Gasteiger partial charge in [-0.2, -0.15) is 0 Å². The van der Waals surface area contributed by atoms with Crippen molar-refractivity contribution in [3.8, 4) is 0 Å². The van der Waals surface area contributed by atoms with E-state index >= 15 is 0 Å². The molecular weight excluding hydrogens is 557 g/mol. The van der Waals surface area contributed by atoms with Gasteiger partial charge in [0.25, 0.3) is 10.0 Å². The summed E-state index contributed by atoms with van der Waals surface area (Å²) < 4.78 is 28.6. The summed E-state index contributed by atoms with van der Waals surface area (Å²) in [5, 5.41) is 3.77. The van der Waals surface area contributed by atoms with E-state index in [1.165, 1.54) is 23.1 Å². The molecule has 1 unspecified atom stereocenters. The fourth-order valence-electron chi connectivity index (χ4n) is 4.01. The van der Waals surface area contributed by atoms with E-state index in [0.29, 0.717) is 23.0 Å². The second kappa shape index (κ2) is 13.8. The maximum atomic E-state index is 14.0. The van der Waals surface area contributed by atoms with E-state index in [2.05, 4.69) is 5.32 Å². The standard InChI is InChI=1S/C29H33Cl2N3O4S/c1-4-27(29(36)32-18-21(2)3)33(19-22-13-15-23(30)16-14-22)28(35)20-34(25-10-8-9-24(31)17-25)39(37,38)26-11-6-5-7-12-26/h5-17,21,27H,4,18-20H2,1-3H3,(H,32,36). The zero-order chi connectivity index (χ0) is 28.6. The van der Waals surface area contributed by atoms with E-state index < -0.39 is 28.5 Å². The van der Waals surface area contributed by atoms with Crippen molar-refractivity contribution in [2.45, 2.75) is 44.7 Å². The summed E-state index contributed by atoms with van der Waals surface area (Å²) >= 11 is 12.2. The Morgan fingerprint density at radius 2 is 1.56 bits per heavy atom. The molecule has 0 aromatic heterocycles. The number of carbonyl (C=O) groups is 2. The Bertz CT molecular complexity index is 1370. The van der Waals surface area contributed by atoms with Crippen molar-refractivity contribution < 1.29 is 18.0 Å². The molecule has 10 heteroatoms. The maximum Gasteiger partial charge on any atom is 0.264 e. The lowest BCUT2D eigenvalue weighted by Gasteiger charge is -2.33. The third kappa shape index (κ3) is 8.21. The summed E-state index contributed by atoms with van der Waals surface area (Å²) in [6.45, 7) is 5.80. The van der Waals surface area contributed by atoms with Crippen LogP contribution in [0.5, 0.6) is 0 Å². The Balaban J connectivity index is 2.03. The Kier molecular flexibility index (Phi) is 10.8. The number of hydrogen-bond acceptors (Lipinski definition) is 4. The number of carbonyl (C=O) groups excluding carboxylic acids is 2. The molecule has 0 aliphatic heterocycles. The van der Waals surface area contributed by atoms with Gasteiger partial charge in [-0.05, 0) is 60.4 Å². The summed E-state index contributed by atoms with van der Waals surface area (Å²) in [5.41, 5.74) is 0.992. The van der Waals surface area contributed by atoms with Gasteiger partial charge in [0, 0.05) is 23.1 Å². The highest BCUT2D eigenvalue weighted by molar-refractivity contribution is 7.92. The first-order chi connectivity index (χ1) is 18.5. The fourth-order valence-corrected chi connectivity index (χ4v) is 5.75. The average Bonchev–Trinajstić information content (AvgIpc) is 2.91. The van der Waals surface area contributed by atoms with E-state index in [4.69, 9.17) is 23.2 Å². The molecule has 0 aliphatic rings. The minimum absolute atomic E-state index is 0.0312. The molecule has 3 rings (SSSR count). The molecule has 0 radical (unpaired) electrons. The van der Waals surface area contributed by atoms with E-state index in [-0.39, 0.29) is 29.0 Å². The first kappa shape index (κ1) is 30.5. The number of amides is 2. The zero-order valence-electron chi connectivity index (χ0n) is 22.2. The molecule has 0 saturated heterocycles. The molecule has 208 valence electrons. The molecule has 3 aromatic carbocycles. The van der Waals surface area contributed by atoms with Crippen molar-refractivity contribution in [3.63, 3.8) is 0 Å². The number of nitrogens with one attached hydrogen (secondary N) is 1. The topological polar surface area (TPSA) is 86.8 Å². The van der Waals surface area contributed by atoms with Crippen LogP contribution in [0.1, 0.15) is 32.8 Å². The molecule has 0 spiro atoms. The van der Waals surface area contributed by atoms with Gasteiger partial charge in [0.1, 0.15) is 12.6 Å². The van der Waals surface area contributed by atoms with Crippen LogP contribution in [0.25, 0.3) is 0 Å². The second-order valence-electron chi connectivity index (χ2n) is 9.52. The highest BCUT2D eigenvalue weighted by atomic mass is 35.5. The Hall–Kier alpha value is -3.07. The van der Waals surface area contributed by atoms with Crippen LogP contribution < -0.4 is 9.62 Å². The molecule has 0 aliphatic carbocycles. The van der Waals surface area contributed by atoms with Crippen LogP contribution >= 0.6 is 23.2 Å². The van der Waals surface area contributed by atoms with Gasteiger partial charge in [-0.1, -0.05) is 80.4 Å². The lowest BCUT2D eigenvalue weighted by atomic mass is 10.1. The van der Waals surface area contributed by atoms with Crippen molar-refractivity contribution in [1.82, 2.24) is 10.2 Å². The van der Waals surface area contributed by atoms with Gasteiger partial charge in [-0.3, -0.25) is 13.9 Å². The van der Waals surface area contributed by atoms with Crippen LogP contribution in [0.4, 0.5) is 5.69 Å². The summed E-state index contributed by atoms with van der Waals surface area (Å²) in [5.74, 6) is -0.606. The average molecular weight is 591 g/mol. The number of hydrogen-bond donors (Lipinski definition) is 1. The molecule has 1 atom stereocenters. The minimum atomic E-state index is -4.14. The van der Waals surface area contributed by atoms with E-state index in [1.54, 1.807) is 60.7 Å². The number of anilines is 1. The van der Waals surface area contributed by atoms with Gasteiger partial charge >= 0.3 is 0 Å². The van der Waals surface area contributed by atoms with Crippen molar-refractivity contribution in [1.29, 1.82) is 0 Å². The quantitative estimate of drug-likeness (QED) is 0.290. The normalized spacial score (nSPS) is 12.2. The molecule has 0 saturated carbocycles. The molecule has 0 heterocycles. The van der Waals surface area contributed by atoms with Crippen LogP contribution in [0, 0.1) is 5.92 Å². The summed E-state index contributed by atoms with van der Waals surface area (Å²) in [7, 11) is -4.14. The van der Waals surface area contributed by atoms with Crippen molar-refractivity contribution >= 4 is 50.7 Å². The van der Waals surface area contributed by atoms with Crippen LogP contribution in [0.15, 0.2) is 83.8 Å². The monoisotopic (exact) mass is 589 g/mol. The van der Waals surface area contributed by atoms with Gasteiger partial charge in [0.05, 0.1) is 10.6 Å². The van der Waals surface area contributed by atoms with Gasteiger partial charge < -0.3 is 10.2 Å². The molecule has 39 heavy (non-hydrogen) atoms. The molecule has 3 aromatic rings. The predicted molar refractivity (Wildman–Crippen MR) is 156 cm³/mol. The molecule has 7 nitrogen and oxygen atoms in total. The highest BCUT2D eigenvalue weighted by Gasteiger charge is 2.33. The van der Waals surface area contributed by atoms with Gasteiger partial charge in [0.2, 0.25) is 11.8 Å². The smallest absolute Gasteiger partial charge is 0.264 e. The van der Waals surface area contributed by atoms with Crippen LogP contribution in [0.3, 0.4) is 0 Å². The third-order valence-electron chi connectivity index (χ3n) is 6.04. The van der Waals surface area contributed by atoms with Crippen molar-refractivity contribution in [2.75, 3.05) is 17.4 Å². The minimum Gasteiger partial charge on any atom is -0.354 e. The molecule has 0 bridgehead atoms. The second-order valence-corrected chi connectivity index (χ2v) is 12.3. The number of halogens is 2. The number of rotatable bonds is 12. The first-order valence-corrected chi connectivity index (χ1v) is 14.9. The number of benzene rings is 3. The van der Waals surface area contributed by atoms with E-state index in [9.17, 15) is 18.0 Å². The maximum absolute atomic E-state index is 14.0. The summed E-state index contributed by atoms with van der Waals surface area (Å²) in [6.07, 6.45) is 0.339. The van der Waals surface area contributed by atoms with Crippen LogP contribution in [0.2, 0.25) is 10.0 Å². The predicted octanol–water partition coefficient (Wildman–Crippen LogP) is 5.77. The van der Waals surface area contributed by atoms with Crippen LogP contribution in [-0.2, 0) is 26.2 Å². The van der Waals surface area contributed by atoms with Crippen LogP contribution in [-0.4, -0.2) is 44.3 Å². The fraction of sp³-hybridized carbons (Fsp3) is 0.310. The Labute approximate surface area is 240 Å². The lowest BCUT2D eigenvalue weighted by Crippen LogP contribution is -2.52. The Morgan fingerprint density at radius 1 is 0.897 bits per heavy atom. The highest BCUT2D eigenvalue weighted by Crippen LogP contribution is 2.27. The number of sulfonamides is 1. The van der Waals surface area contributed by atoms with Crippen molar-refractivity contribution in [3.05, 3.63) is 94.5 Å². The molecule has 1 N–H and O–H groups in total. The van der Waals surface area contributed by atoms with Gasteiger partial charge in [-0.25, -0.2) is 8.42 Å². The largest absolute Gasteiger partial charge is 0.354 e.